The van der Waals surface area contributed by atoms with Crippen molar-refractivity contribution in [3.8, 4) is 0 Å². The molecule has 0 radical (unpaired) electrons. The number of carbonyl (C=O) groups is 1. The fourth-order valence-electron chi connectivity index (χ4n) is 1.27. The quantitative estimate of drug-likeness (QED) is 0.483. The van der Waals surface area contributed by atoms with Gasteiger partial charge in [-0.2, -0.15) is 0 Å². The first kappa shape index (κ1) is 13.4. The summed E-state index contributed by atoms with van der Waals surface area (Å²) in [5.74, 6) is -0.0884. The van der Waals surface area contributed by atoms with E-state index in [2.05, 4.69) is 12.2 Å². The number of rotatable bonds is 8. The second-order valence-corrected chi connectivity index (χ2v) is 3.59. The summed E-state index contributed by atoms with van der Waals surface area (Å²) in [7, 11) is 0. The van der Waals surface area contributed by atoms with Crippen molar-refractivity contribution >= 4 is 5.97 Å². The smallest absolute Gasteiger partial charge is 0.307 e. The molecule has 1 N–H and O–H groups in total. The molecule has 1 unspecified atom stereocenters. The second kappa shape index (κ2) is 9.00. The Morgan fingerprint density at radius 3 is 2.64 bits per heavy atom. The molecule has 84 valence electrons. The minimum Gasteiger partial charge on any atom is -0.466 e. The maximum atomic E-state index is 11.2. The topological polar surface area (TPSA) is 38.3 Å². The Morgan fingerprint density at radius 1 is 1.36 bits per heavy atom. The van der Waals surface area contributed by atoms with Gasteiger partial charge in [0.1, 0.15) is 0 Å². The van der Waals surface area contributed by atoms with Crippen LogP contribution in [-0.2, 0) is 9.53 Å². The molecule has 0 heterocycles. The predicted octanol–water partition coefficient (Wildman–Crippen LogP) is 2.11. The Bertz CT molecular complexity index is 148. The van der Waals surface area contributed by atoms with Crippen LogP contribution in [0.2, 0.25) is 0 Å². The number of hydrogen-bond acceptors (Lipinski definition) is 3. The van der Waals surface area contributed by atoms with Gasteiger partial charge in [0.2, 0.25) is 0 Å². The van der Waals surface area contributed by atoms with Crippen LogP contribution in [0.1, 0.15) is 46.5 Å². The van der Waals surface area contributed by atoms with Crippen molar-refractivity contribution in [3.63, 3.8) is 0 Å². The second-order valence-electron chi connectivity index (χ2n) is 3.59. The highest BCUT2D eigenvalue weighted by Crippen LogP contribution is 1.98. The zero-order valence-electron chi connectivity index (χ0n) is 9.64. The molecule has 0 aromatic rings. The predicted molar refractivity (Wildman–Crippen MR) is 58.2 cm³/mol. The summed E-state index contributed by atoms with van der Waals surface area (Å²) in [6.07, 6.45) is 3.75. The molecule has 0 aromatic heterocycles. The summed E-state index contributed by atoms with van der Waals surface area (Å²) in [4.78, 5) is 11.2. The third-order valence-corrected chi connectivity index (χ3v) is 2.04. The van der Waals surface area contributed by atoms with E-state index in [1.54, 1.807) is 0 Å². The summed E-state index contributed by atoms with van der Waals surface area (Å²) < 4.78 is 5.08. The molecule has 1 atom stereocenters. The molecule has 0 aliphatic heterocycles. The Hall–Kier alpha value is -0.570. The molecule has 0 aromatic carbocycles. The molecule has 0 saturated heterocycles. The van der Waals surface area contributed by atoms with Crippen LogP contribution >= 0.6 is 0 Å². The Balaban J connectivity index is 3.35. The van der Waals surface area contributed by atoms with Crippen molar-refractivity contribution in [1.82, 2.24) is 5.32 Å². The molecule has 0 saturated carbocycles. The lowest BCUT2D eigenvalue weighted by Gasteiger charge is -2.11. The van der Waals surface area contributed by atoms with Crippen LogP contribution in [-0.4, -0.2) is 25.2 Å². The minimum absolute atomic E-state index is 0.0884. The average Bonchev–Trinajstić information content (AvgIpc) is 2.13. The highest BCUT2D eigenvalue weighted by Gasteiger charge is 2.08. The molecule has 14 heavy (non-hydrogen) atoms. The normalized spacial score (nSPS) is 12.5. The van der Waals surface area contributed by atoms with Gasteiger partial charge in [-0.3, -0.25) is 4.79 Å². The van der Waals surface area contributed by atoms with Gasteiger partial charge in [0, 0.05) is 6.04 Å². The molecular formula is C11H23NO2. The number of unbranched alkanes of at least 4 members (excludes halogenated alkanes) is 2. The van der Waals surface area contributed by atoms with Gasteiger partial charge in [0.05, 0.1) is 13.0 Å². The summed E-state index contributed by atoms with van der Waals surface area (Å²) in [5.41, 5.74) is 0. The SMILES string of the molecule is CCCCCOC(=O)CC(C)NCC. The molecule has 0 spiro atoms. The molecule has 3 nitrogen and oxygen atoms in total. The van der Waals surface area contributed by atoms with Gasteiger partial charge in [0.25, 0.3) is 0 Å². The molecule has 3 heteroatoms. The van der Waals surface area contributed by atoms with Gasteiger partial charge >= 0.3 is 5.97 Å². The number of hydrogen-bond donors (Lipinski definition) is 1. The highest BCUT2D eigenvalue weighted by atomic mass is 16.5. The first-order chi connectivity index (χ1) is 6.70. The van der Waals surface area contributed by atoms with Crippen molar-refractivity contribution in [3.05, 3.63) is 0 Å². The standard InChI is InChI=1S/C11H23NO2/c1-4-6-7-8-14-11(13)9-10(3)12-5-2/h10,12H,4-9H2,1-3H3. The van der Waals surface area contributed by atoms with Crippen LogP contribution in [0, 0.1) is 0 Å². The monoisotopic (exact) mass is 201 g/mol. The summed E-state index contributed by atoms with van der Waals surface area (Å²) in [5, 5.41) is 3.18. The molecule has 0 aliphatic carbocycles. The fourth-order valence-corrected chi connectivity index (χ4v) is 1.27. The Morgan fingerprint density at radius 2 is 2.07 bits per heavy atom. The number of carbonyl (C=O) groups excluding carboxylic acids is 1. The molecule has 0 bridgehead atoms. The zero-order chi connectivity index (χ0) is 10.8. The van der Waals surface area contributed by atoms with E-state index in [0.29, 0.717) is 13.0 Å². The molecule has 0 fully saturated rings. The van der Waals surface area contributed by atoms with Crippen LogP contribution < -0.4 is 5.32 Å². The van der Waals surface area contributed by atoms with Gasteiger partial charge in [0.15, 0.2) is 0 Å². The van der Waals surface area contributed by atoms with E-state index in [4.69, 9.17) is 4.74 Å². The van der Waals surface area contributed by atoms with Crippen LogP contribution in [0.3, 0.4) is 0 Å². The molecule has 0 amide bonds. The summed E-state index contributed by atoms with van der Waals surface area (Å²) in [6, 6.07) is 0.221. The van der Waals surface area contributed by atoms with E-state index in [0.717, 1.165) is 25.8 Å². The maximum Gasteiger partial charge on any atom is 0.307 e. The molecular weight excluding hydrogens is 178 g/mol. The van der Waals surface area contributed by atoms with Gasteiger partial charge in [-0.25, -0.2) is 0 Å². The van der Waals surface area contributed by atoms with Crippen molar-refractivity contribution < 1.29 is 9.53 Å². The highest BCUT2D eigenvalue weighted by molar-refractivity contribution is 5.70. The van der Waals surface area contributed by atoms with Gasteiger partial charge in [-0.15, -0.1) is 0 Å². The Kier molecular flexibility index (Phi) is 8.64. The Labute approximate surface area is 87.2 Å². The van der Waals surface area contributed by atoms with E-state index in [-0.39, 0.29) is 12.0 Å². The average molecular weight is 201 g/mol. The summed E-state index contributed by atoms with van der Waals surface area (Å²) in [6.45, 7) is 7.63. The number of nitrogens with one attached hydrogen (secondary N) is 1. The maximum absolute atomic E-state index is 11.2. The lowest BCUT2D eigenvalue weighted by atomic mass is 10.2. The van der Waals surface area contributed by atoms with Gasteiger partial charge < -0.3 is 10.1 Å². The fraction of sp³-hybridized carbons (Fsp3) is 0.909. The van der Waals surface area contributed by atoms with Gasteiger partial charge in [-0.1, -0.05) is 26.7 Å². The van der Waals surface area contributed by atoms with Crippen molar-refractivity contribution in [1.29, 1.82) is 0 Å². The lowest BCUT2D eigenvalue weighted by Crippen LogP contribution is -2.28. The third-order valence-electron chi connectivity index (χ3n) is 2.04. The molecule has 0 rings (SSSR count). The number of ether oxygens (including phenoxy) is 1. The minimum atomic E-state index is -0.0884. The van der Waals surface area contributed by atoms with Crippen LogP contribution in [0.4, 0.5) is 0 Å². The largest absolute Gasteiger partial charge is 0.466 e. The first-order valence-corrected chi connectivity index (χ1v) is 5.59. The van der Waals surface area contributed by atoms with Crippen molar-refractivity contribution in [2.75, 3.05) is 13.2 Å². The lowest BCUT2D eigenvalue weighted by molar-refractivity contribution is -0.144. The van der Waals surface area contributed by atoms with Crippen LogP contribution in [0.15, 0.2) is 0 Å². The van der Waals surface area contributed by atoms with E-state index in [1.807, 2.05) is 13.8 Å². The van der Waals surface area contributed by atoms with Crippen LogP contribution in [0.25, 0.3) is 0 Å². The van der Waals surface area contributed by atoms with E-state index < -0.39 is 0 Å². The third kappa shape index (κ3) is 8.05. The van der Waals surface area contributed by atoms with E-state index in [1.165, 1.54) is 0 Å². The summed E-state index contributed by atoms with van der Waals surface area (Å²) >= 11 is 0. The molecule has 0 aliphatic rings. The first-order valence-electron chi connectivity index (χ1n) is 5.59. The van der Waals surface area contributed by atoms with Crippen molar-refractivity contribution in [2.45, 2.75) is 52.5 Å². The number of esters is 1. The zero-order valence-corrected chi connectivity index (χ0v) is 9.64. The van der Waals surface area contributed by atoms with E-state index in [9.17, 15) is 4.79 Å². The van der Waals surface area contributed by atoms with Crippen molar-refractivity contribution in [2.24, 2.45) is 0 Å². The van der Waals surface area contributed by atoms with Crippen LogP contribution in [0.5, 0.6) is 0 Å². The van der Waals surface area contributed by atoms with E-state index >= 15 is 0 Å². The van der Waals surface area contributed by atoms with Gasteiger partial charge in [-0.05, 0) is 19.9 Å².